The lowest BCUT2D eigenvalue weighted by Gasteiger charge is -2.18. The molecule has 0 aliphatic carbocycles. The maximum atomic E-state index is 12.3. The number of aliphatic hydroxyl groups is 1. The summed E-state index contributed by atoms with van der Waals surface area (Å²) in [5.41, 5.74) is 0. The molecule has 0 saturated carbocycles. The average Bonchev–Trinajstić information content (AvgIpc) is 2.87. The van der Waals surface area contributed by atoms with E-state index >= 15 is 0 Å². The first-order chi connectivity index (χ1) is 17.8. The lowest BCUT2D eigenvalue weighted by atomic mass is 10.0. The van der Waals surface area contributed by atoms with Crippen molar-refractivity contribution in [2.24, 2.45) is 0 Å². The second-order valence-electron chi connectivity index (χ2n) is 9.85. The minimum Gasteiger partial charge on any atom is -0.480 e. The van der Waals surface area contributed by atoms with Gasteiger partial charge in [0.05, 0.1) is 13.2 Å². The van der Waals surface area contributed by atoms with Crippen molar-refractivity contribution in [3.8, 4) is 0 Å². The summed E-state index contributed by atoms with van der Waals surface area (Å²) in [5, 5.41) is 22.3. The van der Waals surface area contributed by atoms with Crippen LogP contribution < -0.4 is 10.6 Å². The molecular formula is C28H52N2O7. The van der Waals surface area contributed by atoms with Crippen molar-refractivity contribution in [1.82, 2.24) is 10.6 Å². The van der Waals surface area contributed by atoms with Crippen molar-refractivity contribution in [3.05, 3.63) is 0 Å². The minimum atomic E-state index is -1.38. The Kier molecular flexibility index (Phi) is 22.8. The summed E-state index contributed by atoms with van der Waals surface area (Å²) in [6.45, 7) is 3.29. The van der Waals surface area contributed by atoms with Gasteiger partial charge >= 0.3 is 11.9 Å². The maximum Gasteiger partial charge on any atom is 0.328 e. The molecule has 0 heterocycles. The molecule has 0 aromatic heterocycles. The summed E-state index contributed by atoms with van der Waals surface area (Å²) >= 11 is 0. The number of carbonyl (C=O) groups excluding carboxylic acids is 3. The van der Waals surface area contributed by atoms with Crippen LogP contribution in [0.5, 0.6) is 0 Å². The Bertz CT molecular complexity index is 628. The first kappa shape index (κ1) is 34.8. The highest BCUT2D eigenvalue weighted by molar-refractivity contribution is 5.87. The van der Waals surface area contributed by atoms with Crippen LogP contribution >= 0.6 is 0 Å². The number of esters is 1. The van der Waals surface area contributed by atoms with Gasteiger partial charge in [-0.15, -0.1) is 0 Å². The van der Waals surface area contributed by atoms with Gasteiger partial charge < -0.3 is 25.6 Å². The molecule has 0 aromatic carbocycles. The van der Waals surface area contributed by atoms with Crippen LogP contribution in [0.25, 0.3) is 0 Å². The zero-order chi connectivity index (χ0) is 27.7. The van der Waals surface area contributed by atoms with E-state index in [9.17, 15) is 19.2 Å². The topological polar surface area (TPSA) is 142 Å². The molecule has 9 nitrogen and oxygen atoms in total. The van der Waals surface area contributed by atoms with Crippen LogP contribution in [0.4, 0.5) is 0 Å². The largest absolute Gasteiger partial charge is 0.480 e. The van der Waals surface area contributed by atoms with Gasteiger partial charge in [0.15, 0.2) is 0 Å². The Morgan fingerprint density at radius 2 is 1.24 bits per heavy atom. The van der Waals surface area contributed by atoms with Crippen molar-refractivity contribution in [2.75, 3.05) is 13.2 Å². The van der Waals surface area contributed by atoms with E-state index in [-0.39, 0.29) is 30.9 Å². The summed E-state index contributed by atoms with van der Waals surface area (Å²) in [4.78, 5) is 46.7. The number of carboxylic acid groups (broad SMARTS) is 1. The van der Waals surface area contributed by atoms with Crippen LogP contribution in [-0.4, -0.2) is 59.3 Å². The Hall–Kier alpha value is -2.16. The van der Waals surface area contributed by atoms with Gasteiger partial charge in [-0.2, -0.15) is 0 Å². The fourth-order valence-corrected chi connectivity index (χ4v) is 4.05. The number of amides is 2. The van der Waals surface area contributed by atoms with Crippen molar-refractivity contribution < 1.29 is 34.1 Å². The normalized spacial score (nSPS) is 12.5. The van der Waals surface area contributed by atoms with E-state index in [1.165, 1.54) is 44.9 Å². The van der Waals surface area contributed by atoms with Crippen LogP contribution in [0.1, 0.15) is 129 Å². The fourth-order valence-electron chi connectivity index (χ4n) is 4.05. The maximum absolute atomic E-state index is 12.3. The molecule has 0 spiro atoms. The summed E-state index contributed by atoms with van der Waals surface area (Å²) in [5.74, 6) is -2.40. The molecule has 0 aliphatic rings. The lowest BCUT2D eigenvalue weighted by molar-refractivity contribution is -0.150. The van der Waals surface area contributed by atoms with Gasteiger partial charge in [0, 0.05) is 12.8 Å². The standard InChI is InChI=1S/C28H52N2O7/c1-3-5-7-8-9-10-11-12-16-20-27(34)37-23(17-6-4-2)18-14-13-15-19-25(32)29-21-26(33)30-24(22-31)28(35)36/h23-24,31H,3-22H2,1-2H3,(H,29,32)(H,30,33)(H,35,36). The predicted octanol–water partition coefficient (Wildman–Crippen LogP) is 4.64. The molecule has 0 bridgehead atoms. The second kappa shape index (κ2) is 24.2. The quantitative estimate of drug-likeness (QED) is 0.0999. The number of nitrogens with one attached hydrogen (secondary N) is 2. The molecule has 216 valence electrons. The number of aliphatic hydroxyl groups excluding tert-OH is 1. The molecule has 0 rings (SSSR count). The highest BCUT2D eigenvalue weighted by atomic mass is 16.5. The van der Waals surface area contributed by atoms with Crippen molar-refractivity contribution in [3.63, 3.8) is 0 Å². The Labute approximate surface area is 223 Å². The van der Waals surface area contributed by atoms with E-state index in [1.54, 1.807) is 0 Å². The molecular weight excluding hydrogens is 476 g/mol. The molecule has 2 unspecified atom stereocenters. The highest BCUT2D eigenvalue weighted by Crippen LogP contribution is 2.16. The number of aliphatic carboxylic acids is 1. The smallest absolute Gasteiger partial charge is 0.328 e. The Morgan fingerprint density at radius 3 is 1.84 bits per heavy atom. The number of carboxylic acids is 1. The van der Waals surface area contributed by atoms with Gasteiger partial charge in [-0.05, 0) is 32.1 Å². The number of unbranched alkanes of at least 4 members (excludes halogenated alkanes) is 11. The number of hydrogen-bond acceptors (Lipinski definition) is 6. The third-order valence-electron chi connectivity index (χ3n) is 6.35. The first-order valence-electron chi connectivity index (χ1n) is 14.4. The van der Waals surface area contributed by atoms with Crippen LogP contribution in [0.3, 0.4) is 0 Å². The Balaban J connectivity index is 4.00. The van der Waals surface area contributed by atoms with E-state index in [2.05, 4.69) is 24.5 Å². The number of ether oxygens (including phenoxy) is 1. The summed E-state index contributed by atoms with van der Waals surface area (Å²) in [6.07, 6.45) is 17.6. The molecule has 2 amide bonds. The van der Waals surface area contributed by atoms with Gasteiger partial charge in [-0.3, -0.25) is 14.4 Å². The third kappa shape index (κ3) is 21.6. The molecule has 9 heteroatoms. The van der Waals surface area contributed by atoms with Crippen molar-refractivity contribution >= 4 is 23.8 Å². The summed E-state index contributed by atoms with van der Waals surface area (Å²) < 4.78 is 5.75. The lowest BCUT2D eigenvalue weighted by Crippen LogP contribution is -2.47. The van der Waals surface area contributed by atoms with E-state index in [1.807, 2.05) is 0 Å². The van der Waals surface area contributed by atoms with E-state index in [0.717, 1.165) is 51.4 Å². The number of rotatable bonds is 25. The second-order valence-corrected chi connectivity index (χ2v) is 9.85. The molecule has 37 heavy (non-hydrogen) atoms. The summed E-state index contributed by atoms with van der Waals surface area (Å²) in [6, 6.07) is -1.38. The van der Waals surface area contributed by atoms with Gasteiger partial charge in [0.25, 0.3) is 0 Å². The molecule has 0 aliphatic heterocycles. The molecule has 0 saturated heterocycles. The average molecular weight is 529 g/mol. The molecule has 0 fully saturated rings. The van der Waals surface area contributed by atoms with E-state index in [0.29, 0.717) is 12.8 Å². The van der Waals surface area contributed by atoms with E-state index < -0.39 is 24.5 Å². The fraction of sp³-hybridized carbons (Fsp3) is 0.857. The molecule has 4 N–H and O–H groups in total. The molecule has 0 radical (unpaired) electrons. The van der Waals surface area contributed by atoms with Gasteiger partial charge in [-0.25, -0.2) is 4.79 Å². The number of hydrogen-bond donors (Lipinski definition) is 4. The van der Waals surface area contributed by atoms with E-state index in [4.69, 9.17) is 14.9 Å². The Morgan fingerprint density at radius 1 is 0.703 bits per heavy atom. The van der Waals surface area contributed by atoms with Crippen LogP contribution in [0, 0.1) is 0 Å². The van der Waals surface area contributed by atoms with Gasteiger partial charge in [0.2, 0.25) is 11.8 Å². The number of carbonyl (C=O) groups is 4. The highest BCUT2D eigenvalue weighted by Gasteiger charge is 2.19. The van der Waals surface area contributed by atoms with Gasteiger partial charge in [-0.1, -0.05) is 84.5 Å². The van der Waals surface area contributed by atoms with Crippen LogP contribution in [-0.2, 0) is 23.9 Å². The van der Waals surface area contributed by atoms with Crippen molar-refractivity contribution in [1.29, 1.82) is 0 Å². The van der Waals surface area contributed by atoms with Crippen LogP contribution in [0.2, 0.25) is 0 Å². The third-order valence-corrected chi connectivity index (χ3v) is 6.35. The minimum absolute atomic E-state index is 0.0720. The zero-order valence-corrected chi connectivity index (χ0v) is 23.2. The molecule has 2 atom stereocenters. The van der Waals surface area contributed by atoms with Gasteiger partial charge in [0.1, 0.15) is 12.1 Å². The summed E-state index contributed by atoms with van der Waals surface area (Å²) in [7, 11) is 0. The van der Waals surface area contributed by atoms with Crippen LogP contribution in [0.15, 0.2) is 0 Å². The predicted molar refractivity (Wildman–Crippen MR) is 144 cm³/mol. The first-order valence-corrected chi connectivity index (χ1v) is 14.4. The SMILES string of the molecule is CCCCCCCCCCCC(=O)OC(CCCC)CCCCCC(=O)NCC(=O)NC(CO)C(=O)O. The zero-order valence-electron chi connectivity index (χ0n) is 23.2. The monoisotopic (exact) mass is 528 g/mol. The molecule has 0 aromatic rings. The van der Waals surface area contributed by atoms with Crippen molar-refractivity contribution in [2.45, 2.75) is 142 Å².